The number of carbonyl (C=O) groups is 1. The van der Waals surface area contributed by atoms with Gasteiger partial charge in [-0.1, -0.05) is 54.6 Å². The van der Waals surface area contributed by atoms with E-state index in [4.69, 9.17) is 0 Å². The molecule has 4 bridgehead atoms. The number of benzene rings is 2. The fourth-order valence-corrected chi connectivity index (χ4v) is 7.44. The molecule has 126 valence electrons. The minimum atomic E-state index is -0.564. The van der Waals surface area contributed by atoms with Gasteiger partial charge < -0.3 is 5.11 Å². The van der Waals surface area contributed by atoms with Gasteiger partial charge in [0, 0.05) is 5.41 Å². The molecule has 0 amide bonds. The second-order valence-corrected chi connectivity index (χ2v) is 8.69. The zero-order valence-electron chi connectivity index (χ0n) is 14.1. The molecule has 2 nitrogen and oxygen atoms in total. The second-order valence-electron chi connectivity index (χ2n) is 8.69. The summed E-state index contributed by atoms with van der Waals surface area (Å²) in [6, 6.07) is 15.6. The van der Waals surface area contributed by atoms with E-state index in [2.05, 4.69) is 54.6 Å². The Labute approximate surface area is 147 Å². The molecule has 0 aromatic heterocycles. The third-order valence-electron chi connectivity index (χ3n) is 8.06. The maximum absolute atomic E-state index is 11.8. The van der Waals surface area contributed by atoms with Crippen molar-refractivity contribution in [2.45, 2.75) is 24.7 Å². The minimum Gasteiger partial charge on any atom is -0.481 e. The van der Waals surface area contributed by atoms with Crippen molar-refractivity contribution in [1.82, 2.24) is 0 Å². The predicted octanol–water partition coefficient (Wildman–Crippen LogP) is 4.64. The Bertz CT molecular complexity index is 929. The molecule has 0 spiro atoms. The molecule has 0 aliphatic heterocycles. The normalized spacial score (nSPS) is 43.0. The van der Waals surface area contributed by atoms with Crippen molar-refractivity contribution in [3.8, 4) is 0 Å². The van der Waals surface area contributed by atoms with Gasteiger partial charge in [-0.15, -0.1) is 0 Å². The zero-order valence-corrected chi connectivity index (χ0v) is 14.1. The van der Waals surface area contributed by atoms with Gasteiger partial charge in [0.2, 0.25) is 0 Å². The lowest BCUT2D eigenvalue weighted by Gasteiger charge is -2.47. The maximum Gasteiger partial charge on any atom is 0.306 e. The number of aliphatic carboxylic acids is 1. The third-order valence-corrected chi connectivity index (χ3v) is 8.06. The zero-order chi connectivity index (χ0) is 16.8. The number of carboxylic acids is 1. The molecule has 2 aromatic rings. The summed E-state index contributed by atoms with van der Waals surface area (Å²) in [5, 5.41) is 12.3. The van der Waals surface area contributed by atoms with Crippen molar-refractivity contribution in [2.24, 2.45) is 35.5 Å². The van der Waals surface area contributed by atoms with Gasteiger partial charge in [0.05, 0.1) is 5.92 Å². The summed E-state index contributed by atoms with van der Waals surface area (Å²) in [6.45, 7) is 0. The summed E-state index contributed by atoms with van der Waals surface area (Å²) < 4.78 is 0. The lowest BCUT2D eigenvalue weighted by molar-refractivity contribution is -0.145. The van der Waals surface area contributed by atoms with E-state index in [0.29, 0.717) is 29.6 Å². The Hall–Kier alpha value is -2.09. The van der Waals surface area contributed by atoms with Gasteiger partial charge in [-0.05, 0) is 65.2 Å². The first-order chi connectivity index (χ1) is 12.2. The van der Waals surface area contributed by atoms with Crippen LogP contribution < -0.4 is 0 Å². The monoisotopic (exact) mass is 330 g/mol. The molecule has 3 saturated carbocycles. The highest BCUT2D eigenvalue weighted by molar-refractivity contribution is 5.83. The van der Waals surface area contributed by atoms with E-state index in [9.17, 15) is 9.90 Å². The number of allylic oxidation sites excluding steroid dienone is 2. The highest BCUT2D eigenvalue weighted by atomic mass is 16.4. The molecule has 0 heterocycles. The lowest BCUT2D eigenvalue weighted by atomic mass is 9.56. The van der Waals surface area contributed by atoms with Crippen LogP contribution in [0.4, 0.5) is 0 Å². The first-order valence-electron chi connectivity index (χ1n) is 9.60. The van der Waals surface area contributed by atoms with Crippen LogP contribution in [0.1, 0.15) is 24.8 Å². The molecular formula is C23H22O2. The van der Waals surface area contributed by atoms with Crippen molar-refractivity contribution >= 4 is 16.7 Å². The van der Waals surface area contributed by atoms with E-state index in [1.807, 2.05) is 0 Å². The van der Waals surface area contributed by atoms with Crippen LogP contribution in [0.15, 0.2) is 54.6 Å². The van der Waals surface area contributed by atoms with Crippen molar-refractivity contribution < 1.29 is 9.90 Å². The Morgan fingerprint density at radius 2 is 1.84 bits per heavy atom. The summed E-state index contributed by atoms with van der Waals surface area (Å²) in [4.78, 5) is 11.8. The molecule has 25 heavy (non-hydrogen) atoms. The summed E-state index contributed by atoms with van der Waals surface area (Å²) in [6.07, 6.45) is 8.07. The fourth-order valence-electron chi connectivity index (χ4n) is 7.44. The van der Waals surface area contributed by atoms with E-state index in [0.717, 1.165) is 12.8 Å². The van der Waals surface area contributed by atoms with Gasteiger partial charge in [0.25, 0.3) is 0 Å². The van der Waals surface area contributed by atoms with E-state index in [1.54, 1.807) is 0 Å². The molecule has 7 unspecified atom stereocenters. The predicted molar refractivity (Wildman–Crippen MR) is 97.2 cm³/mol. The van der Waals surface area contributed by atoms with Crippen molar-refractivity contribution in [3.05, 3.63) is 60.2 Å². The van der Waals surface area contributed by atoms with Gasteiger partial charge in [0.15, 0.2) is 0 Å². The molecular weight excluding hydrogens is 308 g/mol. The van der Waals surface area contributed by atoms with Crippen LogP contribution in [0.3, 0.4) is 0 Å². The smallest absolute Gasteiger partial charge is 0.306 e. The number of carboxylic acid groups (broad SMARTS) is 1. The highest BCUT2D eigenvalue weighted by Crippen LogP contribution is 2.74. The summed E-state index contributed by atoms with van der Waals surface area (Å²) in [5.41, 5.74) is 1.67. The quantitative estimate of drug-likeness (QED) is 0.643. The molecule has 3 fully saturated rings. The third kappa shape index (κ3) is 1.55. The van der Waals surface area contributed by atoms with Crippen LogP contribution >= 0.6 is 0 Å². The lowest BCUT2D eigenvalue weighted by Crippen LogP contribution is -2.47. The van der Waals surface area contributed by atoms with Crippen LogP contribution in [0.5, 0.6) is 0 Å². The van der Waals surface area contributed by atoms with Gasteiger partial charge in [0.1, 0.15) is 0 Å². The van der Waals surface area contributed by atoms with E-state index < -0.39 is 5.97 Å². The Morgan fingerprint density at radius 3 is 2.68 bits per heavy atom. The van der Waals surface area contributed by atoms with Gasteiger partial charge >= 0.3 is 5.97 Å². The molecule has 4 aliphatic rings. The van der Waals surface area contributed by atoms with E-state index in [1.165, 1.54) is 22.8 Å². The number of fused-ring (bicyclic) bond motifs is 10. The van der Waals surface area contributed by atoms with Crippen molar-refractivity contribution in [1.29, 1.82) is 0 Å². The molecule has 6 rings (SSSR count). The molecule has 2 aromatic carbocycles. The van der Waals surface area contributed by atoms with Gasteiger partial charge in [-0.2, -0.15) is 0 Å². The average molecular weight is 330 g/mol. The van der Waals surface area contributed by atoms with Gasteiger partial charge in [-0.25, -0.2) is 0 Å². The summed E-state index contributed by atoms with van der Waals surface area (Å²) in [7, 11) is 0. The Kier molecular flexibility index (Phi) is 2.57. The standard InChI is InChI=1S/C23H22O2/c24-22(25)20-12-18-11-19(20)21-15-6-8-17(10-15)23(18,21)16-7-5-13-3-1-2-4-14(13)9-16/h1-9,15,17-21H,10-12H2,(H,24,25). The van der Waals surface area contributed by atoms with Crippen molar-refractivity contribution in [2.75, 3.05) is 0 Å². The Morgan fingerprint density at radius 1 is 1.00 bits per heavy atom. The minimum absolute atomic E-state index is 0.115. The average Bonchev–Trinajstić information content (AvgIpc) is 3.38. The first-order valence-corrected chi connectivity index (χ1v) is 9.60. The van der Waals surface area contributed by atoms with Crippen LogP contribution in [0.2, 0.25) is 0 Å². The van der Waals surface area contributed by atoms with Crippen LogP contribution in [-0.2, 0) is 10.2 Å². The topological polar surface area (TPSA) is 37.3 Å². The molecule has 0 radical (unpaired) electrons. The molecule has 0 saturated heterocycles. The number of hydrogen-bond acceptors (Lipinski definition) is 1. The maximum atomic E-state index is 11.8. The molecule has 7 atom stereocenters. The van der Waals surface area contributed by atoms with Crippen molar-refractivity contribution in [3.63, 3.8) is 0 Å². The summed E-state index contributed by atoms with van der Waals surface area (Å²) >= 11 is 0. The summed E-state index contributed by atoms with van der Waals surface area (Å²) in [5.74, 6) is 1.95. The Balaban J connectivity index is 1.55. The van der Waals surface area contributed by atoms with Crippen LogP contribution in [0, 0.1) is 35.5 Å². The molecule has 2 heteroatoms. The van der Waals surface area contributed by atoms with Crippen LogP contribution in [-0.4, -0.2) is 11.1 Å². The molecule has 1 N–H and O–H groups in total. The second kappa shape index (κ2) is 4.55. The van der Waals surface area contributed by atoms with Gasteiger partial charge in [-0.3, -0.25) is 4.79 Å². The number of rotatable bonds is 2. The van der Waals surface area contributed by atoms with E-state index >= 15 is 0 Å². The fraction of sp³-hybridized carbons (Fsp3) is 0.435. The number of hydrogen-bond donors (Lipinski definition) is 1. The molecule has 4 aliphatic carbocycles. The first kappa shape index (κ1) is 14.1. The van der Waals surface area contributed by atoms with E-state index in [-0.39, 0.29) is 11.3 Å². The largest absolute Gasteiger partial charge is 0.481 e. The van der Waals surface area contributed by atoms with Crippen LogP contribution in [0.25, 0.3) is 10.8 Å². The highest BCUT2D eigenvalue weighted by Gasteiger charge is 2.71. The SMILES string of the molecule is O=C(O)C1CC2CC1C1C3C=CC(C3)C21c1ccc2ccccc2c1.